The maximum absolute atomic E-state index is 12.1. The lowest BCUT2D eigenvalue weighted by Crippen LogP contribution is -2.16. The summed E-state index contributed by atoms with van der Waals surface area (Å²) in [5.74, 6) is -0.305. The number of rotatable bonds is 7. The Labute approximate surface area is 121 Å². The third kappa shape index (κ3) is 6.16. The molecular weight excluding hydrogens is 290 g/mol. The number of hydrogen-bond acceptors (Lipinski definition) is 3. The number of amides is 1. The molecule has 1 aromatic rings. The van der Waals surface area contributed by atoms with Crippen LogP contribution < -0.4 is 15.8 Å². The van der Waals surface area contributed by atoms with Gasteiger partial charge in [0, 0.05) is 18.2 Å². The van der Waals surface area contributed by atoms with Gasteiger partial charge in [-0.15, -0.1) is 0 Å². The first-order valence-electron chi connectivity index (χ1n) is 6.18. The number of halogens is 3. The number of nitrogens with two attached hydrogens (primary N) is 1. The van der Waals surface area contributed by atoms with E-state index in [0.29, 0.717) is 18.5 Å². The zero-order valence-corrected chi connectivity index (χ0v) is 11.8. The Kier molecular flexibility index (Phi) is 6.67. The van der Waals surface area contributed by atoms with Gasteiger partial charge in [-0.1, -0.05) is 11.6 Å². The van der Waals surface area contributed by atoms with Crippen molar-refractivity contribution in [3.63, 3.8) is 0 Å². The van der Waals surface area contributed by atoms with E-state index in [1.54, 1.807) is 0 Å². The van der Waals surface area contributed by atoms with Crippen LogP contribution in [0.5, 0.6) is 5.75 Å². The average molecular weight is 307 g/mol. The van der Waals surface area contributed by atoms with Crippen LogP contribution in [0.2, 0.25) is 5.02 Å². The number of alkyl halides is 2. The number of benzene rings is 1. The van der Waals surface area contributed by atoms with Crippen molar-refractivity contribution >= 4 is 23.2 Å². The third-order valence-electron chi connectivity index (χ3n) is 2.49. The van der Waals surface area contributed by atoms with Crippen molar-refractivity contribution in [2.45, 2.75) is 38.8 Å². The van der Waals surface area contributed by atoms with Crippen molar-refractivity contribution in [3.05, 3.63) is 23.2 Å². The summed E-state index contributed by atoms with van der Waals surface area (Å²) in [6.07, 6.45) is 1.79. The van der Waals surface area contributed by atoms with Crippen molar-refractivity contribution in [2.75, 3.05) is 5.32 Å². The van der Waals surface area contributed by atoms with Crippen molar-refractivity contribution < 1.29 is 18.3 Å². The molecule has 0 saturated carbocycles. The predicted octanol–water partition coefficient (Wildman–Crippen LogP) is 3.40. The minimum atomic E-state index is -2.94. The SMILES string of the molecule is CC(N)CCCC(=O)Nc1ccc(OC(F)F)c(Cl)c1. The first-order chi connectivity index (χ1) is 9.38. The number of carbonyl (C=O) groups excluding carboxylic acids is 1. The van der Waals surface area contributed by atoms with Gasteiger partial charge in [-0.2, -0.15) is 8.78 Å². The molecule has 1 amide bonds. The number of ether oxygens (including phenoxy) is 1. The fourth-order valence-electron chi connectivity index (χ4n) is 1.58. The molecule has 20 heavy (non-hydrogen) atoms. The maximum atomic E-state index is 12.1. The molecule has 3 N–H and O–H groups in total. The second-order valence-corrected chi connectivity index (χ2v) is 4.85. The minimum Gasteiger partial charge on any atom is -0.433 e. The summed E-state index contributed by atoms with van der Waals surface area (Å²) in [5.41, 5.74) is 6.02. The molecule has 1 unspecified atom stereocenters. The summed E-state index contributed by atoms with van der Waals surface area (Å²) in [4.78, 5) is 11.6. The molecule has 1 atom stereocenters. The van der Waals surface area contributed by atoms with Gasteiger partial charge in [0.1, 0.15) is 5.75 Å². The molecule has 1 aromatic carbocycles. The van der Waals surface area contributed by atoms with Crippen LogP contribution in [-0.2, 0) is 4.79 Å². The molecule has 0 heterocycles. The topological polar surface area (TPSA) is 64.4 Å². The van der Waals surface area contributed by atoms with Crippen LogP contribution in [0.4, 0.5) is 14.5 Å². The van der Waals surface area contributed by atoms with Crippen molar-refractivity contribution in [1.82, 2.24) is 0 Å². The molecule has 0 fully saturated rings. The van der Waals surface area contributed by atoms with E-state index in [1.165, 1.54) is 18.2 Å². The Hall–Kier alpha value is -1.40. The monoisotopic (exact) mass is 306 g/mol. The number of anilines is 1. The van der Waals surface area contributed by atoms with E-state index in [0.717, 1.165) is 6.42 Å². The van der Waals surface area contributed by atoms with Gasteiger partial charge in [0.2, 0.25) is 5.91 Å². The second-order valence-electron chi connectivity index (χ2n) is 4.44. The summed E-state index contributed by atoms with van der Waals surface area (Å²) >= 11 is 5.78. The highest BCUT2D eigenvalue weighted by Gasteiger charge is 2.10. The van der Waals surface area contributed by atoms with Crippen LogP contribution in [-0.4, -0.2) is 18.6 Å². The predicted molar refractivity (Wildman–Crippen MR) is 74.2 cm³/mol. The number of carbonyl (C=O) groups is 1. The molecule has 0 spiro atoms. The molecule has 0 aliphatic rings. The normalized spacial score (nSPS) is 12.3. The zero-order chi connectivity index (χ0) is 15.1. The molecule has 1 rings (SSSR count). The number of hydrogen-bond donors (Lipinski definition) is 2. The molecule has 0 saturated heterocycles. The molecular formula is C13H17ClF2N2O2. The van der Waals surface area contributed by atoms with Gasteiger partial charge in [0.05, 0.1) is 5.02 Å². The van der Waals surface area contributed by atoms with E-state index in [4.69, 9.17) is 17.3 Å². The lowest BCUT2D eigenvalue weighted by Gasteiger charge is -2.10. The first-order valence-corrected chi connectivity index (χ1v) is 6.56. The summed E-state index contributed by atoms with van der Waals surface area (Å²) in [6.45, 7) is -1.06. The molecule has 0 aliphatic heterocycles. The van der Waals surface area contributed by atoms with E-state index in [9.17, 15) is 13.6 Å². The Morgan fingerprint density at radius 1 is 1.50 bits per heavy atom. The van der Waals surface area contributed by atoms with Crippen LogP contribution in [0.15, 0.2) is 18.2 Å². The van der Waals surface area contributed by atoms with E-state index >= 15 is 0 Å². The molecule has 4 nitrogen and oxygen atoms in total. The van der Waals surface area contributed by atoms with Gasteiger partial charge in [-0.05, 0) is 38.0 Å². The Morgan fingerprint density at radius 3 is 2.75 bits per heavy atom. The fraction of sp³-hybridized carbons (Fsp3) is 0.462. The first kappa shape index (κ1) is 16.7. The van der Waals surface area contributed by atoms with Gasteiger partial charge in [0.25, 0.3) is 0 Å². The van der Waals surface area contributed by atoms with Crippen LogP contribution in [0.25, 0.3) is 0 Å². The largest absolute Gasteiger partial charge is 0.433 e. The third-order valence-corrected chi connectivity index (χ3v) is 2.79. The minimum absolute atomic E-state index is 0.0127. The van der Waals surface area contributed by atoms with E-state index in [2.05, 4.69) is 10.1 Å². The van der Waals surface area contributed by atoms with Gasteiger partial charge in [0.15, 0.2) is 0 Å². The van der Waals surface area contributed by atoms with Crippen molar-refractivity contribution in [3.8, 4) is 5.75 Å². The van der Waals surface area contributed by atoms with Crippen LogP contribution in [0.1, 0.15) is 26.2 Å². The lowest BCUT2D eigenvalue weighted by molar-refractivity contribution is -0.116. The Balaban J connectivity index is 2.52. The molecule has 7 heteroatoms. The van der Waals surface area contributed by atoms with Crippen molar-refractivity contribution in [2.24, 2.45) is 5.73 Å². The summed E-state index contributed by atoms with van der Waals surface area (Å²) in [7, 11) is 0. The van der Waals surface area contributed by atoms with Crippen LogP contribution >= 0.6 is 11.6 Å². The quantitative estimate of drug-likeness (QED) is 0.811. The molecule has 0 radical (unpaired) electrons. The average Bonchev–Trinajstić information content (AvgIpc) is 2.31. The highest BCUT2D eigenvalue weighted by molar-refractivity contribution is 6.32. The highest BCUT2D eigenvalue weighted by Crippen LogP contribution is 2.29. The zero-order valence-electron chi connectivity index (χ0n) is 11.0. The summed E-state index contributed by atoms with van der Waals surface area (Å²) < 4.78 is 28.3. The maximum Gasteiger partial charge on any atom is 0.387 e. The van der Waals surface area contributed by atoms with Crippen LogP contribution in [0, 0.1) is 0 Å². The summed E-state index contributed by atoms with van der Waals surface area (Å²) in [5, 5.41) is 2.64. The highest BCUT2D eigenvalue weighted by atomic mass is 35.5. The number of nitrogens with one attached hydrogen (secondary N) is 1. The van der Waals surface area contributed by atoms with E-state index < -0.39 is 6.61 Å². The van der Waals surface area contributed by atoms with Gasteiger partial charge in [-0.3, -0.25) is 4.79 Å². The van der Waals surface area contributed by atoms with Gasteiger partial charge in [-0.25, -0.2) is 0 Å². The Morgan fingerprint density at radius 2 is 2.20 bits per heavy atom. The molecule has 0 aromatic heterocycles. The van der Waals surface area contributed by atoms with Crippen LogP contribution in [0.3, 0.4) is 0 Å². The van der Waals surface area contributed by atoms with Gasteiger partial charge < -0.3 is 15.8 Å². The second kappa shape index (κ2) is 8.01. The van der Waals surface area contributed by atoms with Crippen molar-refractivity contribution in [1.29, 1.82) is 0 Å². The van der Waals surface area contributed by atoms with Gasteiger partial charge >= 0.3 is 6.61 Å². The fourth-order valence-corrected chi connectivity index (χ4v) is 1.80. The van der Waals surface area contributed by atoms with E-state index in [1.807, 2.05) is 6.92 Å². The van der Waals surface area contributed by atoms with E-state index in [-0.39, 0.29) is 22.7 Å². The smallest absolute Gasteiger partial charge is 0.387 e. The molecule has 0 aliphatic carbocycles. The summed E-state index contributed by atoms with van der Waals surface area (Å²) in [6, 6.07) is 4.16. The standard InChI is InChI=1S/C13H17ClF2N2O2/c1-8(17)3-2-4-12(19)18-9-5-6-11(10(14)7-9)20-13(15)16/h5-8,13H,2-4,17H2,1H3,(H,18,19). The Bertz CT molecular complexity index is 456. The molecule has 112 valence electrons. The lowest BCUT2D eigenvalue weighted by atomic mass is 10.1. The molecule has 0 bridgehead atoms.